The summed E-state index contributed by atoms with van der Waals surface area (Å²) in [7, 11) is -3.69. The number of nitrogens with one attached hydrogen (secondary N) is 2. The fraction of sp³-hybridized carbons (Fsp3) is 0.278. The van der Waals surface area contributed by atoms with Gasteiger partial charge in [-0.15, -0.1) is 0 Å². The van der Waals surface area contributed by atoms with Gasteiger partial charge in [-0.2, -0.15) is 0 Å². The SMILES string of the molecule is CC1Oc2ccccc2OC1C(=O)Nc1cccc(S(=O)(=O)NCCN)c1. The summed E-state index contributed by atoms with van der Waals surface area (Å²) in [5.74, 6) is 0.632. The maximum atomic E-state index is 12.6. The third kappa shape index (κ3) is 4.38. The van der Waals surface area contributed by atoms with Crippen LogP contribution in [0.1, 0.15) is 6.92 Å². The predicted molar refractivity (Wildman–Crippen MR) is 100 cm³/mol. The van der Waals surface area contributed by atoms with Gasteiger partial charge in [0.1, 0.15) is 6.10 Å². The van der Waals surface area contributed by atoms with E-state index >= 15 is 0 Å². The van der Waals surface area contributed by atoms with Crippen molar-refractivity contribution in [2.75, 3.05) is 18.4 Å². The summed E-state index contributed by atoms with van der Waals surface area (Å²) in [6, 6.07) is 13.1. The summed E-state index contributed by atoms with van der Waals surface area (Å²) in [4.78, 5) is 12.7. The van der Waals surface area contributed by atoms with Gasteiger partial charge in [0.05, 0.1) is 4.90 Å². The lowest BCUT2D eigenvalue weighted by molar-refractivity contribution is -0.128. The second kappa shape index (κ2) is 7.95. The molecule has 0 saturated heterocycles. The summed E-state index contributed by atoms with van der Waals surface area (Å²) < 4.78 is 38.2. The monoisotopic (exact) mass is 391 g/mol. The van der Waals surface area contributed by atoms with Gasteiger partial charge in [0, 0.05) is 18.8 Å². The molecule has 0 bridgehead atoms. The lowest BCUT2D eigenvalue weighted by atomic mass is 10.1. The Labute approximate surface area is 157 Å². The number of carbonyl (C=O) groups excluding carboxylic acids is 1. The highest BCUT2D eigenvalue weighted by Gasteiger charge is 2.34. The summed E-state index contributed by atoms with van der Waals surface area (Å²) in [5.41, 5.74) is 5.67. The standard InChI is InChI=1S/C18H21N3O5S/c1-12-17(26-16-8-3-2-7-15(16)25-12)18(22)21-13-5-4-6-14(11-13)27(23,24)20-10-9-19/h2-8,11-12,17,20H,9-10,19H2,1H3,(H,21,22). The molecule has 1 aliphatic rings. The number of nitrogens with two attached hydrogens (primary N) is 1. The lowest BCUT2D eigenvalue weighted by Crippen LogP contribution is -2.46. The summed E-state index contributed by atoms with van der Waals surface area (Å²) in [5, 5.41) is 2.68. The molecule has 2 unspecified atom stereocenters. The van der Waals surface area contributed by atoms with Crippen molar-refractivity contribution in [1.82, 2.24) is 4.72 Å². The van der Waals surface area contributed by atoms with E-state index in [1.807, 2.05) is 6.07 Å². The number of para-hydroxylation sites is 2. The minimum absolute atomic E-state index is 0.0351. The molecule has 1 heterocycles. The summed E-state index contributed by atoms with van der Waals surface area (Å²) in [6.07, 6.45) is -1.37. The molecule has 4 N–H and O–H groups in total. The van der Waals surface area contributed by atoms with Crippen LogP contribution in [0.15, 0.2) is 53.4 Å². The Balaban J connectivity index is 1.74. The van der Waals surface area contributed by atoms with Crippen molar-refractivity contribution in [2.24, 2.45) is 5.73 Å². The third-order valence-corrected chi connectivity index (χ3v) is 5.41. The van der Waals surface area contributed by atoms with Crippen LogP contribution in [0.5, 0.6) is 11.5 Å². The van der Waals surface area contributed by atoms with Gasteiger partial charge in [0.15, 0.2) is 11.5 Å². The van der Waals surface area contributed by atoms with E-state index in [1.165, 1.54) is 12.1 Å². The number of hydrogen-bond donors (Lipinski definition) is 3. The quantitative estimate of drug-likeness (QED) is 0.678. The van der Waals surface area contributed by atoms with E-state index < -0.39 is 28.1 Å². The molecule has 0 fully saturated rings. The van der Waals surface area contributed by atoms with Gasteiger partial charge in [-0.1, -0.05) is 18.2 Å². The molecule has 2 atom stereocenters. The van der Waals surface area contributed by atoms with Gasteiger partial charge in [0.2, 0.25) is 16.1 Å². The molecular formula is C18H21N3O5S. The second-order valence-corrected chi connectivity index (χ2v) is 7.78. The Morgan fingerprint density at radius 2 is 1.81 bits per heavy atom. The van der Waals surface area contributed by atoms with E-state index in [1.54, 1.807) is 37.3 Å². The summed E-state index contributed by atoms with van der Waals surface area (Å²) >= 11 is 0. The maximum absolute atomic E-state index is 12.6. The number of fused-ring (bicyclic) bond motifs is 1. The molecule has 2 aromatic rings. The van der Waals surface area contributed by atoms with Crippen LogP contribution in [-0.4, -0.2) is 39.6 Å². The lowest BCUT2D eigenvalue weighted by Gasteiger charge is -2.31. The minimum Gasteiger partial charge on any atom is -0.482 e. The van der Waals surface area contributed by atoms with Gasteiger partial charge < -0.3 is 20.5 Å². The zero-order chi connectivity index (χ0) is 19.4. The van der Waals surface area contributed by atoms with E-state index in [-0.39, 0.29) is 18.0 Å². The van der Waals surface area contributed by atoms with E-state index in [4.69, 9.17) is 15.2 Å². The van der Waals surface area contributed by atoms with Gasteiger partial charge in [0.25, 0.3) is 5.91 Å². The molecule has 9 heteroatoms. The van der Waals surface area contributed by atoms with E-state index in [0.717, 1.165) is 0 Å². The van der Waals surface area contributed by atoms with E-state index in [9.17, 15) is 13.2 Å². The Hall–Kier alpha value is -2.62. The topological polar surface area (TPSA) is 120 Å². The second-order valence-electron chi connectivity index (χ2n) is 6.01. The number of hydrogen-bond acceptors (Lipinski definition) is 6. The van der Waals surface area contributed by atoms with Gasteiger partial charge in [-0.3, -0.25) is 4.79 Å². The summed E-state index contributed by atoms with van der Waals surface area (Å²) in [6.45, 7) is 2.05. The van der Waals surface area contributed by atoms with Crippen LogP contribution in [0.25, 0.3) is 0 Å². The molecule has 0 aliphatic carbocycles. The molecule has 2 aromatic carbocycles. The van der Waals surface area contributed by atoms with Crippen molar-refractivity contribution in [2.45, 2.75) is 24.0 Å². The number of ether oxygens (including phenoxy) is 2. The highest BCUT2D eigenvalue weighted by molar-refractivity contribution is 7.89. The number of rotatable bonds is 6. The molecule has 0 spiro atoms. The van der Waals surface area contributed by atoms with Gasteiger partial charge >= 0.3 is 0 Å². The zero-order valence-corrected chi connectivity index (χ0v) is 15.5. The number of sulfonamides is 1. The Morgan fingerprint density at radius 1 is 1.11 bits per heavy atom. The van der Waals surface area contributed by atoms with E-state index in [2.05, 4.69) is 10.0 Å². The molecule has 0 aromatic heterocycles. The zero-order valence-electron chi connectivity index (χ0n) is 14.7. The molecule has 8 nitrogen and oxygen atoms in total. The average Bonchev–Trinajstić information content (AvgIpc) is 2.66. The molecule has 1 aliphatic heterocycles. The normalized spacial score (nSPS) is 18.7. The number of amides is 1. The van der Waals surface area contributed by atoms with Crippen molar-refractivity contribution >= 4 is 21.6 Å². The highest BCUT2D eigenvalue weighted by Crippen LogP contribution is 2.33. The van der Waals surface area contributed by atoms with Crippen molar-refractivity contribution in [3.63, 3.8) is 0 Å². The minimum atomic E-state index is -3.69. The van der Waals surface area contributed by atoms with Crippen molar-refractivity contribution < 1.29 is 22.7 Å². The number of anilines is 1. The molecule has 144 valence electrons. The van der Waals surface area contributed by atoms with Crippen LogP contribution in [-0.2, 0) is 14.8 Å². The van der Waals surface area contributed by atoms with Crippen molar-refractivity contribution in [1.29, 1.82) is 0 Å². The fourth-order valence-electron chi connectivity index (χ4n) is 2.64. The van der Waals surface area contributed by atoms with Crippen molar-refractivity contribution in [3.8, 4) is 11.5 Å². The van der Waals surface area contributed by atoms with Gasteiger partial charge in [-0.05, 0) is 37.3 Å². The number of benzene rings is 2. The van der Waals surface area contributed by atoms with Gasteiger partial charge in [-0.25, -0.2) is 13.1 Å². The highest BCUT2D eigenvalue weighted by atomic mass is 32.2. The largest absolute Gasteiger partial charge is 0.482 e. The molecule has 0 saturated carbocycles. The smallest absolute Gasteiger partial charge is 0.269 e. The first-order chi connectivity index (χ1) is 12.9. The first-order valence-corrected chi connectivity index (χ1v) is 9.92. The average molecular weight is 391 g/mol. The molecule has 0 radical (unpaired) electrons. The molecular weight excluding hydrogens is 370 g/mol. The Kier molecular flexibility index (Phi) is 5.64. The van der Waals surface area contributed by atoms with E-state index in [0.29, 0.717) is 17.2 Å². The number of carbonyl (C=O) groups is 1. The molecule has 27 heavy (non-hydrogen) atoms. The van der Waals surface area contributed by atoms with Crippen LogP contribution in [0.2, 0.25) is 0 Å². The predicted octanol–water partition coefficient (Wildman–Crippen LogP) is 1.09. The van der Waals surface area contributed by atoms with Crippen LogP contribution in [0.4, 0.5) is 5.69 Å². The maximum Gasteiger partial charge on any atom is 0.269 e. The third-order valence-electron chi connectivity index (χ3n) is 3.95. The van der Waals surface area contributed by atoms with Crippen LogP contribution < -0.4 is 25.2 Å². The molecule has 3 rings (SSSR count). The van der Waals surface area contributed by atoms with Crippen LogP contribution >= 0.6 is 0 Å². The Morgan fingerprint density at radius 3 is 2.52 bits per heavy atom. The van der Waals surface area contributed by atoms with Crippen LogP contribution in [0.3, 0.4) is 0 Å². The fourth-order valence-corrected chi connectivity index (χ4v) is 3.73. The van der Waals surface area contributed by atoms with Crippen molar-refractivity contribution in [3.05, 3.63) is 48.5 Å². The first-order valence-electron chi connectivity index (χ1n) is 8.44. The van der Waals surface area contributed by atoms with Crippen LogP contribution in [0, 0.1) is 0 Å². The molecule has 1 amide bonds. The Bertz CT molecular complexity index is 932. The first kappa shape index (κ1) is 19.2.